The summed E-state index contributed by atoms with van der Waals surface area (Å²) in [5.74, 6) is 0.156. The van der Waals surface area contributed by atoms with E-state index in [1.54, 1.807) is 29.1 Å². The van der Waals surface area contributed by atoms with Crippen molar-refractivity contribution in [3.63, 3.8) is 0 Å². The van der Waals surface area contributed by atoms with Crippen molar-refractivity contribution in [2.75, 3.05) is 5.32 Å². The average molecular weight is 378 g/mol. The molecule has 3 heterocycles. The molecule has 7 heteroatoms. The van der Waals surface area contributed by atoms with Crippen LogP contribution in [-0.4, -0.2) is 25.7 Å². The lowest BCUT2D eigenvalue weighted by Gasteiger charge is -2.09. The summed E-state index contributed by atoms with van der Waals surface area (Å²) >= 11 is 5.86. The number of hydrogen-bond donors (Lipinski definition) is 1. The molecule has 4 rings (SSSR count). The molecule has 0 unspecified atom stereocenters. The van der Waals surface area contributed by atoms with Crippen LogP contribution in [0.2, 0.25) is 5.02 Å². The molecule has 134 valence electrons. The average Bonchev–Trinajstić information content (AvgIpc) is 3.12. The van der Waals surface area contributed by atoms with E-state index < -0.39 is 0 Å². The lowest BCUT2D eigenvalue weighted by molar-refractivity contribution is 0.102. The van der Waals surface area contributed by atoms with E-state index >= 15 is 0 Å². The number of carbonyl (C=O) groups is 1. The van der Waals surface area contributed by atoms with Crippen LogP contribution in [0, 0.1) is 0 Å². The van der Waals surface area contributed by atoms with E-state index in [-0.39, 0.29) is 5.91 Å². The molecule has 0 saturated heterocycles. The summed E-state index contributed by atoms with van der Waals surface area (Å²) in [6.07, 6.45) is 3.16. The van der Waals surface area contributed by atoms with E-state index in [2.05, 4.69) is 15.4 Å². The third kappa shape index (κ3) is 3.39. The summed E-state index contributed by atoms with van der Waals surface area (Å²) in [7, 11) is 0. The Bertz CT molecular complexity index is 1110. The molecule has 0 radical (unpaired) electrons. The normalized spacial score (nSPS) is 10.9. The van der Waals surface area contributed by atoms with Crippen LogP contribution in [0.25, 0.3) is 22.3 Å². The van der Waals surface area contributed by atoms with Gasteiger partial charge in [-0.25, -0.2) is 14.6 Å². The number of aromatic nitrogens is 4. The van der Waals surface area contributed by atoms with Crippen molar-refractivity contribution in [3.05, 3.63) is 71.5 Å². The third-order valence-corrected chi connectivity index (χ3v) is 4.42. The van der Waals surface area contributed by atoms with Crippen LogP contribution in [0.15, 0.2) is 60.9 Å². The van der Waals surface area contributed by atoms with Gasteiger partial charge in [0.15, 0.2) is 5.65 Å². The molecule has 0 atom stereocenters. The maximum absolute atomic E-state index is 12.9. The number of benzene rings is 1. The first kappa shape index (κ1) is 17.2. The predicted octanol–water partition coefficient (Wildman–Crippen LogP) is 4.42. The summed E-state index contributed by atoms with van der Waals surface area (Å²) in [4.78, 5) is 21.8. The molecule has 0 spiro atoms. The summed E-state index contributed by atoms with van der Waals surface area (Å²) in [5, 5.41) is 8.37. The summed E-state index contributed by atoms with van der Waals surface area (Å²) in [6.45, 7) is 2.65. The number of hydrogen-bond acceptors (Lipinski definition) is 4. The van der Waals surface area contributed by atoms with Crippen molar-refractivity contribution in [2.24, 2.45) is 0 Å². The fraction of sp³-hybridized carbons (Fsp3) is 0.100. The molecular formula is C20H16ClN5O. The topological polar surface area (TPSA) is 72.7 Å². The van der Waals surface area contributed by atoms with E-state index in [4.69, 9.17) is 16.6 Å². The first-order chi connectivity index (χ1) is 13.2. The van der Waals surface area contributed by atoms with Gasteiger partial charge in [0.1, 0.15) is 5.82 Å². The van der Waals surface area contributed by atoms with E-state index in [1.807, 2.05) is 37.3 Å². The molecule has 27 heavy (non-hydrogen) atoms. The molecule has 0 fully saturated rings. The lowest BCUT2D eigenvalue weighted by atomic mass is 10.1. The zero-order valence-corrected chi connectivity index (χ0v) is 15.3. The van der Waals surface area contributed by atoms with Crippen LogP contribution in [0.4, 0.5) is 5.82 Å². The van der Waals surface area contributed by atoms with Gasteiger partial charge in [-0.05, 0) is 25.1 Å². The van der Waals surface area contributed by atoms with Gasteiger partial charge in [-0.1, -0.05) is 41.9 Å². The SMILES string of the molecule is CCn1ncc2c(C(=O)Nc3ccc(Cl)cn3)cc(-c3ccccc3)nc21. The Labute approximate surface area is 160 Å². The Morgan fingerprint density at radius 1 is 1.15 bits per heavy atom. The molecule has 0 saturated carbocycles. The predicted molar refractivity (Wildman–Crippen MR) is 106 cm³/mol. The quantitative estimate of drug-likeness (QED) is 0.571. The van der Waals surface area contributed by atoms with Crippen LogP contribution < -0.4 is 5.32 Å². The molecule has 4 aromatic rings. The van der Waals surface area contributed by atoms with E-state index in [1.165, 1.54) is 6.20 Å². The minimum Gasteiger partial charge on any atom is -0.307 e. The number of amides is 1. The molecule has 0 aliphatic heterocycles. The largest absolute Gasteiger partial charge is 0.307 e. The van der Waals surface area contributed by atoms with E-state index in [0.717, 1.165) is 5.56 Å². The summed E-state index contributed by atoms with van der Waals surface area (Å²) in [6, 6.07) is 14.9. The number of nitrogens with zero attached hydrogens (tertiary/aromatic N) is 4. The Hall–Kier alpha value is -3.25. The van der Waals surface area contributed by atoms with Gasteiger partial charge in [0.2, 0.25) is 0 Å². The molecule has 0 aliphatic rings. The van der Waals surface area contributed by atoms with Crippen molar-refractivity contribution in [3.8, 4) is 11.3 Å². The fourth-order valence-corrected chi connectivity index (χ4v) is 2.97. The van der Waals surface area contributed by atoms with Crippen molar-refractivity contribution < 1.29 is 4.79 Å². The minimum absolute atomic E-state index is 0.273. The number of anilines is 1. The molecule has 3 aromatic heterocycles. The number of nitrogens with one attached hydrogen (secondary N) is 1. The van der Waals surface area contributed by atoms with Gasteiger partial charge in [-0.2, -0.15) is 5.10 Å². The second-order valence-electron chi connectivity index (χ2n) is 5.93. The van der Waals surface area contributed by atoms with Crippen molar-refractivity contribution in [1.82, 2.24) is 19.7 Å². The molecular weight excluding hydrogens is 362 g/mol. The van der Waals surface area contributed by atoms with Gasteiger partial charge in [0, 0.05) is 18.3 Å². The van der Waals surface area contributed by atoms with Crippen LogP contribution in [0.3, 0.4) is 0 Å². The van der Waals surface area contributed by atoms with Gasteiger partial charge in [0.25, 0.3) is 5.91 Å². The molecule has 1 aromatic carbocycles. The van der Waals surface area contributed by atoms with Crippen LogP contribution >= 0.6 is 11.6 Å². The van der Waals surface area contributed by atoms with Gasteiger partial charge in [-0.3, -0.25) is 4.79 Å². The number of pyridine rings is 2. The molecule has 6 nitrogen and oxygen atoms in total. The highest BCUT2D eigenvalue weighted by Gasteiger charge is 2.17. The van der Waals surface area contributed by atoms with Gasteiger partial charge in [0.05, 0.1) is 27.9 Å². The fourth-order valence-electron chi connectivity index (χ4n) is 2.86. The zero-order valence-electron chi connectivity index (χ0n) is 14.6. The van der Waals surface area contributed by atoms with Gasteiger partial charge >= 0.3 is 0 Å². The molecule has 0 aliphatic carbocycles. The zero-order chi connectivity index (χ0) is 18.8. The van der Waals surface area contributed by atoms with Gasteiger partial charge in [-0.15, -0.1) is 0 Å². The monoisotopic (exact) mass is 377 g/mol. The second kappa shape index (κ2) is 7.17. The number of fused-ring (bicyclic) bond motifs is 1. The van der Waals surface area contributed by atoms with Crippen LogP contribution in [-0.2, 0) is 6.54 Å². The van der Waals surface area contributed by atoms with E-state index in [9.17, 15) is 4.79 Å². The molecule has 1 amide bonds. The Morgan fingerprint density at radius 3 is 2.67 bits per heavy atom. The van der Waals surface area contributed by atoms with Crippen molar-refractivity contribution in [1.29, 1.82) is 0 Å². The minimum atomic E-state index is -0.273. The first-order valence-electron chi connectivity index (χ1n) is 8.50. The van der Waals surface area contributed by atoms with Crippen LogP contribution in [0.5, 0.6) is 0 Å². The number of carbonyl (C=O) groups excluding carboxylic acids is 1. The first-order valence-corrected chi connectivity index (χ1v) is 8.88. The van der Waals surface area contributed by atoms with Crippen molar-refractivity contribution >= 4 is 34.4 Å². The lowest BCUT2D eigenvalue weighted by Crippen LogP contribution is -2.14. The maximum atomic E-state index is 12.9. The summed E-state index contributed by atoms with van der Waals surface area (Å²) in [5.41, 5.74) is 2.82. The Balaban J connectivity index is 1.81. The third-order valence-electron chi connectivity index (χ3n) is 4.19. The highest BCUT2D eigenvalue weighted by molar-refractivity contribution is 6.30. The second-order valence-corrected chi connectivity index (χ2v) is 6.37. The maximum Gasteiger partial charge on any atom is 0.257 e. The number of halogens is 1. The standard InChI is InChI=1S/C20H16ClN5O/c1-2-26-19-16(12-23-26)15(10-17(24-19)13-6-4-3-5-7-13)20(27)25-18-9-8-14(21)11-22-18/h3-12H,2H2,1H3,(H,22,25,27). The molecule has 1 N–H and O–H groups in total. The van der Waals surface area contributed by atoms with E-state index in [0.29, 0.717) is 39.7 Å². The smallest absolute Gasteiger partial charge is 0.257 e. The highest BCUT2D eigenvalue weighted by atomic mass is 35.5. The van der Waals surface area contributed by atoms with Crippen LogP contribution in [0.1, 0.15) is 17.3 Å². The Morgan fingerprint density at radius 2 is 1.96 bits per heavy atom. The van der Waals surface area contributed by atoms with Crippen molar-refractivity contribution in [2.45, 2.75) is 13.5 Å². The number of rotatable bonds is 4. The highest BCUT2D eigenvalue weighted by Crippen LogP contribution is 2.25. The number of aryl methyl sites for hydroxylation is 1. The molecule has 0 bridgehead atoms. The van der Waals surface area contributed by atoms with Gasteiger partial charge < -0.3 is 5.32 Å². The summed E-state index contributed by atoms with van der Waals surface area (Å²) < 4.78 is 1.78. The Kier molecular flexibility index (Phi) is 4.56.